The van der Waals surface area contributed by atoms with Gasteiger partial charge >= 0.3 is 0 Å². The molecule has 2 aromatic carbocycles. The van der Waals surface area contributed by atoms with Gasteiger partial charge < -0.3 is 11.1 Å². The first-order valence-electron chi connectivity index (χ1n) is 5.60. The molecule has 19 heavy (non-hydrogen) atoms. The molecule has 0 aromatic heterocycles. The molecule has 5 heteroatoms. The molecule has 0 fully saturated rings. The normalized spacial score (nSPS) is 10.3. The molecule has 98 valence electrons. The molecule has 3 N–H and O–H groups in total. The maximum Gasteiger partial charge on any atom is 0.256 e. The summed E-state index contributed by atoms with van der Waals surface area (Å²) in [7, 11) is 0. The topological polar surface area (TPSA) is 55.1 Å². The van der Waals surface area contributed by atoms with E-state index in [1.54, 1.807) is 25.1 Å². The Kier molecular flexibility index (Phi) is 3.71. The van der Waals surface area contributed by atoms with Crippen molar-refractivity contribution in [2.24, 2.45) is 0 Å². The van der Waals surface area contributed by atoms with Gasteiger partial charge in [-0.2, -0.15) is 0 Å². The van der Waals surface area contributed by atoms with Crippen molar-refractivity contribution in [3.05, 3.63) is 58.4 Å². The smallest absolute Gasteiger partial charge is 0.256 e. The van der Waals surface area contributed by atoms with Gasteiger partial charge in [0.2, 0.25) is 0 Å². The van der Waals surface area contributed by atoms with E-state index in [0.717, 1.165) is 11.6 Å². The van der Waals surface area contributed by atoms with Gasteiger partial charge in [0, 0.05) is 16.3 Å². The van der Waals surface area contributed by atoms with Gasteiger partial charge in [0.15, 0.2) is 0 Å². The van der Waals surface area contributed by atoms with Crippen LogP contribution in [0, 0.1) is 12.7 Å². The van der Waals surface area contributed by atoms with Gasteiger partial charge in [0.05, 0.1) is 5.69 Å². The third kappa shape index (κ3) is 3.03. The van der Waals surface area contributed by atoms with E-state index in [2.05, 4.69) is 5.32 Å². The van der Waals surface area contributed by atoms with Crippen molar-refractivity contribution in [3.8, 4) is 0 Å². The molecule has 0 aliphatic carbocycles. The van der Waals surface area contributed by atoms with Crippen LogP contribution in [0.4, 0.5) is 15.8 Å². The number of nitrogen functional groups attached to an aromatic ring is 1. The maximum atomic E-state index is 13.6. The number of amides is 1. The van der Waals surface area contributed by atoms with Crippen molar-refractivity contribution >= 4 is 28.9 Å². The van der Waals surface area contributed by atoms with Crippen molar-refractivity contribution in [2.45, 2.75) is 6.92 Å². The fourth-order valence-corrected chi connectivity index (χ4v) is 1.88. The number of carbonyl (C=O) groups excluding carboxylic acids is 1. The van der Waals surface area contributed by atoms with E-state index in [4.69, 9.17) is 17.3 Å². The Labute approximate surface area is 115 Å². The van der Waals surface area contributed by atoms with E-state index in [0.29, 0.717) is 11.3 Å². The van der Waals surface area contributed by atoms with Crippen LogP contribution < -0.4 is 11.1 Å². The monoisotopic (exact) mass is 278 g/mol. The molecule has 3 nitrogen and oxygen atoms in total. The number of hydrogen-bond acceptors (Lipinski definition) is 2. The minimum Gasteiger partial charge on any atom is -0.399 e. The highest BCUT2D eigenvalue weighted by Gasteiger charge is 2.11. The standard InChI is InChI=1S/C14H12ClFN2O/c1-8-6-10(17)3-4-11(8)14(19)18-13-5-2-9(15)7-12(13)16/h2-7H,17H2,1H3,(H,18,19). The van der Waals surface area contributed by atoms with Crippen molar-refractivity contribution in [1.29, 1.82) is 0 Å². The van der Waals surface area contributed by atoms with E-state index in [9.17, 15) is 9.18 Å². The number of carbonyl (C=O) groups is 1. The second-order valence-corrected chi connectivity index (χ2v) is 4.59. The summed E-state index contributed by atoms with van der Waals surface area (Å²) in [6.45, 7) is 1.77. The van der Waals surface area contributed by atoms with Gasteiger partial charge in [-0.15, -0.1) is 0 Å². The zero-order valence-electron chi connectivity index (χ0n) is 10.2. The fraction of sp³-hybridized carbons (Fsp3) is 0.0714. The van der Waals surface area contributed by atoms with Crippen molar-refractivity contribution in [3.63, 3.8) is 0 Å². The van der Waals surface area contributed by atoms with Gasteiger partial charge in [-0.3, -0.25) is 4.79 Å². The number of hydrogen-bond donors (Lipinski definition) is 2. The van der Waals surface area contributed by atoms with Gasteiger partial charge in [-0.25, -0.2) is 4.39 Å². The van der Waals surface area contributed by atoms with Gasteiger partial charge in [0.25, 0.3) is 5.91 Å². The van der Waals surface area contributed by atoms with Gasteiger partial charge in [-0.05, 0) is 48.9 Å². The van der Waals surface area contributed by atoms with E-state index < -0.39 is 11.7 Å². The molecule has 2 aromatic rings. The maximum absolute atomic E-state index is 13.6. The van der Waals surface area contributed by atoms with Gasteiger partial charge in [-0.1, -0.05) is 11.6 Å². The molecule has 0 aliphatic heterocycles. The molecular weight excluding hydrogens is 267 g/mol. The Morgan fingerprint density at radius 1 is 1.26 bits per heavy atom. The number of nitrogens with two attached hydrogens (primary N) is 1. The van der Waals surface area contributed by atoms with E-state index in [-0.39, 0.29) is 10.7 Å². The SMILES string of the molecule is Cc1cc(N)ccc1C(=O)Nc1ccc(Cl)cc1F. The first-order chi connectivity index (χ1) is 8.97. The van der Waals surface area contributed by atoms with Crippen molar-refractivity contribution in [2.75, 3.05) is 11.1 Å². The summed E-state index contributed by atoms with van der Waals surface area (Å²) >= 11 is 5.65. The van der Waals surface area contributed by atoms with Crippen LogP contribution in [0.25, 0.3) is 0 Å². The highest BCUT2D eigenvalue weighted by molar-refractivity contribution is 6.30. The average Bonchev–Trinajstić information content (AvgIpc) is 2.32. The minimum absolute atomic E-state index is 0.0885. The Morgan fingerprint density at radius 2 is 2.00 bits per heavy atom. The van der Waals surface area contributed by atoms with Crippen molar-refractivity contribution < 1.29 is 9.18 Å². The molecule has 0 saturated heterocycles. The summed E-state index contributed by atoms with van der Waals surface area (Å²) in [5, 5.41) is 2.78. The lowest BCUT2D eigenvalue weighted by atomic mass is 10.1. The molecular formula is C14H12ClFN2O. The number of benzene rings is 2. The Balaban J connectivity index is 2.25. The molecule has 0 atom stereocenters. The number of anilines is 2. The summed E-state index contributed by atoms with van der Waals surface area (Å²) in [6, 6.07) is 8.99. The molecule has 0 spiro atoms. The van der Waals surface area contributed by atoms with Crippen molar-refractivity contribution in [1.82, 2.24) is 0 Å². The summed E-state index contributed by atoms with van der Waals surface area (Å²) in [5.74, 6) is -0.965. The summed E-state index contributed by atoms with van der Waals surface area (Å²) in [6.07, 6.45) is 0. The fourth-order valence-electron chi connectivity index (χ4n) is 1.72. The Bertz CT molecular complexity index is 643. The second-order valence-electron chi connectivity index (χ2n) is 4.15. The molecule has 0 aliphatic rings. The first-order valence-corrected chi connectivity index (χ1v) is 5.97. The number of halogens is 2. The third-order valence-corrected chi connectivity index (χ3v) is 2.91. The third-order valence-electron chi connectivity index (χ3n) is 2.67. The summed E-state index contributed by atoms with van der Waals surface area (Å²) in [5.41, 5.74) is 7.46. The summed E-state index contributed by atoms with van der Waals surface area (Å²) in [4.78, 5) is 12.0. The molecule has 1 amide bonds. The molecule has 2 rings (SSSR count). The lowest BCUT2D eigenvalue weighted by Crippen LogP contribution is -2.14. The highest BCUT2D eigenvalue weighted by atomic mass is 35.5. The predicted octanol–water partition coefficient (Wildman–Crippen LogP) is 3.62. The molecule has 0 unspecified atom stereocenters. The van der Waals surface area contributed by atoms with Crippen LogP contribution in [0.3, 0.4) is 0 Å². The zero-order valence-corrected chi connectivity index (χ0v) is 11.0. The zero-order chi connectivity index (χ0) is 14.0. The van der Waals surface area contributed by atoms with E-state index >= 15 is 0 Å². The molecule has 0 radical (unpaired) electrons. The molecule has 0 bridgehead atoms. The van der Waals surface area contributed by atoms with Gasteiger partial charge in [0.1, 0.15) is 5.82 Å². The van der Waals surface area contributed by atoms with Crippen LogP contribution in [0.2, 0.25) is 5.02 Å². The number of aryl methyl sites for hydroxylation is 1. The van der Waals surface area contributed by atoms with Crippen LogP contribution in [0.15, 0.2) is 36.4 Å². The number of nitrogens with one attached hydrogen (secondary N) is 1. The summed E-state index contributed by atoms with van der Waals surface area (Å²) < 4.78 is 13.6. The average molecular weight is 279 g/mol. The van der Waals surface area contributed by atoms with Crippen LogP contribution in [0.1, 0.15) is 15.9 Å². The minimum atomic E-state index is -0.575. The van der Waals surface area contributed by atoms with Crippen LogP contribution in [-0.2, 0) is 0 Å². The lowest BCUT2D eigenvalue weighted by Gasteiger charge is -2.09. The first kappa shape index (κ1) is 13.4. The Hall–Kier alpha value is -2.07. The van der Waals surface area contributed by atoms with E-state index in [1.807, 2.05) is 0 Å². The molecule has 0 heterocycles. The Morgan fingerprint density at radius 3 is 2.63 bits per heavy atom. The van der Waals surface area contributed by atoms with Crippen LogP contribution in [-0.4, -0.2) is 5.91 Å². The lowest BCUT2D eigenvalue weighted by molar-refractivity contribution is 0.102. The van der Waals surface area contributed by atoms with Crippen LogP contribution >= 0.6 is 11.6 Å². The quantitative estimate of drug-likeness (QED) is 0.824. The molecule has 0 saturated carbocycles. The number of rotatable bonds is 2. The largest absolute Gasteiger partial charge is 0.399 e. The second kappa shape index (κ2) is 5.28. The van der Waals surface area contributed by atoms with E-state index in [1.165, 1.54) is 12.1 Å². The predicted molar refractivity (Wildman–Crippen MR) is 75.0 cm³/mol. The highest BCUT2D eigenvalue weighted by Crippen LogP contribution is 2.20. The van der Waals surface area contributed by atoms with Crippen LogP contribution in [0.5, 0.6) is 0 Å².